The van der Waals surface area contributed by atoms with E-state index in [2.05, 4.69) is 15.5 Å². The molecule has 1 fully saturated rings. The summed E-state index contributed by atoms with van der Waals surface area (Å²) in [4.78, 5) is 32.3. The highest BCUT2D eigenvalue weighted by Crippen LogP contribution is 2.39. The van der Waals surface area contributed by atoms with Crippen LogP contribution in [-0.2, 0) is 26.6 Å². The maximum Gasteiger partial charge on any atom is 0.317 e. The summed E-state index contributed by atoms with van der Waals surface area (Å²) in [6.07, 6.45) is 1.10. The average Bonchev–Trinajstić information content (AvgIpc) is 3.41. The fourth-order valence-electron chi connectivity index (χ4n) is 4.98. The number of rotatable bonds is 4. The Morgan fingerprint density at radius 1 is 1.25 bits per heavy atom. The third kappa shape index (κ3) is 5.16. The van der Waals surface area contributed by atoms with Crippen molar-refractivity contribution in [1.82, 2.24) is 20.4 Å². The Kier molecular flexibility index (Phi) is 7.31. The van der Waals surface area contributed by atoms with Crippen molar-refractivity contribution in [3.63, 3.8) is 0 Å². The molecule has 2 aliphatic heterocycles. The highest BCUT2D eigenvalue weighted by atomic mass is 35.5. The van der Waals surface area contributed by atoms with E-state index in [4.69, 9.17) is 21.9 Å². The molecule has 2 aromatic carbocycles. The van der Waals surface area contributed by atoms with Gasteiger partial charge in [0, 0.05) is 25.2 Å². The fourth-order valence-corrected chi connectivity index (χ4v) is 6.67. The number of benzene rings is 2. The molecule has 0 unspecified atom stereocenters. The van der Waals surface area contributed by atoms with Gasteiger partial charge in [-0.15, -0.1) is 0 Å². The molecule has 3 aromatic rings. The molecule has 5 rings (SSSR count). The quantitative estimate of drug-likeness (QED) is 0.470. The summed E-state index contributed by atoms with van der Waals surface area (Å²) in [7, 11) is -2.53. The monoisotopic (exact) mass is 590 g/mol. The van der Waals surface area contributed by atoms with E-state index in [1.165, 1.54) is 11.0 Å². The minimum atomic E-state index is -4.10. The number of sulfone groups is 1. The van der Waals surface area contributed by atoms with Crippen molar-refractivity contribution in [1.29, 1.82) is 0 Å². The Morgan fingerprint density at radius 3 is 2.58 bits per heavy atom. The number of carbonyl (C=O) groups is 2. The number of piperidine rings is 1. The molecule has 0 bridgehead atoms. The highest BCUT2D eigenvalue weighted by Gasteiger charge is 2.40. The van der Waals surface area contributed by atoms with Crippen molar-refractivity contribution in [3.05, 3.63) is 58.7 Å². The van der Waals surface area contributed by atoms with Crippen LogP contribution < -0.4 is 16.0 Å². The number of hydrogen-bond donors (Lipinski definition) is 2. The first kappa shape index (κ1) is 28.0. The van der Waals surface area contributed by atoms with Crippen LogP contribution in [0, 0.1) is 5.82 Å². The summed E-state index contributed by atoms with van der Waals surface area (Å²) in [6.45, 7) is 2.86. The van der Waals surface area contributed by atoms with Gasteiger partial charge in [-0.05, 0) is 42.7 Å². The van der Waals surface area contributed by atoms with Crippen molar-refractivity contribution in [2.75, 3.05) is 30.8 Å². The first-order chi connectivity index (χ1) is 18.9. The highest BCUT2D eigenvalue weighted by molar-refractivity contribution is 7.91. The van der Waals surface area contributed by atoms with Gasteiger partial charge in [-0.3, -0.25) is 4.79 Å². The number of carbonyl (C=O) groups excluding carboxylic acids is 2. The molecule has 14 heteroatoms. The van der Waals surface area contributed by atoms with Gasteiger partial charge in [-0.25, -0.2) is 17.6 Å². The van der Waals surface area contributed by atoms with Crippen molar-refractivity contribution < 1.29 is 26.9 Å². The zero-order chi connectivity index (χ0) is 28.8. The number of nitrogens with one attached hydrogen (secondary N) is 1. The van der Waals surface area contributed by atoms with Crippen molar-refractivity contribution in [2.24, 2.45) is 5.73 Å². The first-order valence-electron chi connectivity index (χ1n) is 12.6. The smallest absolute Gasteiger partial charge is 0.317 e. The van der Waals surface area contributed by atoms with Gasteiger partial charge >= 0.3 is 6.03 Å². The Morgan fingerprint density at radius 2 is 1.93 bits per heavy atom. The number of likely N-dealkylation sites (tertiary alicyclic amines) is 1. The number of aromatic nitrogens is 2. The summed E-state index contributed by atoms with van der Waals surface area (Å²) in [6, 6.07) is 7.31. The number of nitrogens with zero attached hydrogens (tertiary/aromatic N) is 4. The average molecular weight is 591 g/mol. The zero-order valence-corrected chi connectivity index (χ0v) is 23.4. The van der Waals surface area contributed by atoms with Gasteiger partial charge in [0.2, 0.25) is 17.6 Å². The predicted octanol–water partition coefficient (Wildman–Crippen LogP) is 2.87. The van der Waals surface area contributed by atoms with E-state index >= 15 is 4.39 Å². The molecule has 212 valence electrons. The maximum atomic E-state index is 15.5. The number of amides is 3. The number of anilines is 1. The second kappa shape index (κ2) is 10.5. The molecular formula is C26H28ClFN6O5S. The Labute approximate surface area is 235 Å². The molecule has 40 heavy (non-hydrogen) atoms. The van der Waals surface area contributed by atoms with E-state index in [9.17, 15) is 18.0 Å². The van der Waals surface area contributed by atoms with Crippen LogP contribution in [0.3, 0.4) is 0 Å². The summed E-state index contributed by atoms with van der Waals surface area (Å²) in [5, 5.41) is 7.09. The molecule has 1 aromatic heterocycles. The Balaban J connectivity index is 1.53. The van der Waals surface area contributed by atoms with Gasteiger partial charge in [0.05, 0.1) is 39.9 Å². The minimum absolute atomic E-state index is 0.0191. The number of urea groups is 1. The molecule has 0 saturated carbocycles. The van der Waals surface area contributed by atoms with Crippen LogP contribution in [0.1, 0.15) is 31.2 Å². The molecule has 3 heterocycles. The summed E-state index contributed by atoms with van der Waals surface area (Å²) < 4.78 is 47.2. The molecule has 3 N–H and O–H groups in total. The van der Waals surface area contributed by atoms with Gasteiger partial charge in [0.25, 0.3) is 0 Å². The summed E-state index contributed by atoms with van der Waals surface area (Å²) in [5.41, 5.74) is 5.94. The van der Waals surface area contributed by atoms with Crippen LogP contribution >= 0.6 is 11.6 Å². The predicted molar refractivity (Wildman–Crippen MR) is 145 cm³/mol. The number of nitrogens with two attached hydrogens (primary N) is 1. The summed E-state index contributed by atoms with van der Waals surface area (Å²) >= 11 is 5.99. The van der Waals surface area contributed by atoms with E-state index in [0.29, 0.717) is 36.5 Å². The molecule has 0 radical (unpaired) electrons. The fraction of sp³-hybridized carbons (Fsp3) is 0.385. The molecule has 0 spiro atoms. The van der Waals surface area contributed by atoms with Crippen molar-refractivity contribution in [2.45, 2.75) is 42.7 Å². The van der Waals surface area contributed by atoms with E-state index < -0.39 is 38.8 Å². The van der Waals surface area contributed by atoms with E-state index in [-0.39, 0.29) is 40.4 Å². The van der Waals surface area contributed by atoms with Crippen LogP contribution in [0.25, 0.3) is 11.4 Å². The van der Waals surface area contributed by atoms with Crippen LogP contribution in [0.4, 0.5) is 14.9 Å². The maximum absolute atomic E-state index is 15.5. The largest absolute Gasteiger partial charge is 0.341 e. The second-order valence-corrected chi connectivity index (χ2v) is 12.7. The van der Waals surface area contributed by atoms with E-state index in [1.807, 2.05) is 6.92 Å². The van der Waals surface area contributed by atoms with Gasteiger partial charge in [-0.2, -0.15) is 4.98 Å². The molecule has 2 aliphatic rings. The number of halogens is 2. The lowest BCUT2D eigenvalue weighted by Gasteiger charge is -2.36. The van der Waals surface area contributed by atoms with Gasteiger partial charge in [0.15, 0.2) is 9.84 Å². The van der Waals surface area contributed by atoms with Crippen LogP contribution in [-0.4, -0.2) is 67.3 Å². The lowest BCUT2D eigenvalue weighted by molar-refractivity contribution is -0.119. The summed E-state index contributed by atoms with van der Waals surface area (Å²) in [5.74, 6) is -1.98. The number of hydrogen-bond acceptors (Lipinski definition) is 8. The molecule has 11 nitrogen and oxygen atoms in total. The third-order valence-corrected chi connectivity index (χ3v) is 9.51. The second-order valence-electron chi connectivity index (χ2n) is 10.3. The first-order valence-corrected chi connectivity index (χ1v) is 14.6. The lowest BCUT2D eigenvalue weighted by Crippen LogP contribution is -2.47. The van der Waals surface area contributed by atoms with Crippen LogP contribution in [0.5, 0.6) is 0 Å². The molecule has 0 aliphatic carbocycles. The SMILES string of the molecule is CNC(=O)N1CCC(C)(c2nc(-c3cc4c(cc3F)S(=O)(=O)C[C@H](N)C(=O)N4Cc3ccc(Cl)cc3)no2)CC1. The Hall–Kier alpha value is -3.55. The molecule has 1 saturated heterocycles. The van der Waals surface area contributed by atoms with Crippen molar-refractivity contribution in [3.8, 4) is 11.4 Å². The van der Waals surface area contributed by atoms with E-state index in [0.717, 1.165) is 6.07 Å². The standard InChI is InChI=1S/C26H28ClFN6O5S/c1-26(7-9-33(10-8-26)25(36)30-2)24-31-22(32-39-24)17-11-20-21(12-18(17)28)40(37,38)14-19(29)23(35)34(20)13-15-3-5-16(27)6-4-15/h3-6,11-12,19H,7-10,13-14,29H2,1-2H3,(H,30,36)/t19-/m0/s1. The van der Waals surface area contributed by atoms with E-state index in [1.54, 1.807) is 36.2 Å². The van der Waals surface area contributed by atoms with Gasteiger partial charge in [0.1, 0.15) is 5.82 Å². The zero-order valence-electron chi connectivity index (χ0n) is 21.9. The topological polar surface area (TPSA) is 152 Å². The Bertz CT molecular complexity index is 1570. The lowest BCUT2D eigenvalue weighted by atomic mass is 9.80. The number of fused-ring (bicyclic) bond motifs is 1. The molecular weight excluding hydrogens is 563 g/mol. The normalized spacial score (nSPS) is 20.1. The van der Waals surface area contributed by atoms with Crippen LogP contribution in [0.2, 0.25) is 5.02 Å². The van der Waals surface area contributed by atoms with Gasteiger partial charge < -0.3 is 25.4 Å². The van der Waals surface area contributed by atoms with Crippen molar-refractivity contribution >= 4 is 39.1 Å². The minimum Gasteiger partial charge on any atom is -0.341 e. The third-order valence-electron chi connectivity index (χ3n) is 7.46. The van der Waals surface area contributed by atoms with Gasteiger partial charge in [-0.1, -0.05) is 35.8 Å². The van der Waals surface area contributed by atoms with Crippen LogP contribution in [0.15, 0.2) is 45.8 Å². The molecule has 1 atom stereocenters. The molecule has 3 amide bonds.